The van der Waals surface area contributed by atoms with Crippen LogP contribution in [0.4, 0.5) is 4.79 Å². The smallest absolute Gasteiger partial charge is 0.410 e. The minimum absolute atomic E-state index is 0.263. The Kier molecular flexibility index (Phi) is 6.32. The fourth-order valence-electron chi connectivity index (χ4n) is 1.09. The van der Waals surface area contributed by atoms with E-state index in [0.29, 0.717) is 19.7 Å². The summed E-state index contributed by atoms with van der Waals surface area (Å²) in [6, 6.07) is 0. The van der Waals surface area contributed by atoms with E-state index in [0.717, 1.165) is 6.42 Å². The van der Waals surface area contributed by atoms with Gasteiger partial charge >= 0.3 is 6.09 Å². The van der Waals surface area contributed by atoms with Gasteiger partial charge in [-0.05, 0) is 27.2 Å². The number of methoxy groups -OCH3 is 1. The Bertz CT molecular complexity index is 187. The predicted molar refractivity (Wildman–Crippen MR) is 60.0 cm³/mol. The highest BCUT2D eigenvalue weighted by Crippen LogP contribution is 2.10. The molecule has 0 fully saturated rings. The average Bonchev–Trinajstić information content (AvgIpc) is 2.09. The van der Waals surface area contributed by atoms with Crippen molar-refractivity contribution in [1.82, 2.24) is 4.90 Å². The molecule has 0 N–H and O–H groups in total. The molecule has 0 atom stereocenters. The summed E-state index contributed by atoms with van der Waals surface area (Å²) < 4.78 is 10.2. The number of rotatable bonds is 5. The lowest BCUT2D eigenvalue weighted by molar-refractivity contribution is 0.0202. The van der Waals surface area contributed by atoms with Crippen molar-refractivity contribution < 1.29 is 14.3 Å². The highest BCUT2D eigenvalue weighted by molar-refractivity contribution is 5.68. The number of amides is 1. The largest absolute Gasteiger partial charge is 0.444 e. The molecule has 1 amide bonds. The molecule has 0 aliphatic carbocycles. The molecule has 0 aliphatic heterocycles. The van der Waals surface area contributed by atoms with Crippen LogP contribution in [0.1, 0.15) is 34.1 Å². The molecule has 4 heteroatoms. The van der Waals surface area contributed by atoms with Crippen molar-refractivity contribution in [3.05, 3.63) is 0 Å². The van der Waals surface area contributed by atoms with E-state index < -0.39 is 5.60 Å². The topological polar surface area (TPSA) is 38.8 Å². The third kappa shape index (κ3) is 7.19. The molecular formula is C11H23NO3. The van der Waals surface area contributed by atoms with Gasteiger partial charge in [-0.15, -0.1) is 0 Å². The number of nitrogens with zero attached hydrogens (tertiary/aromatic N) is 1. The van der Waals surface area contributed by atoms with Gasteiger partial charge in [0, 0.05) is 20.2 Å². The summed E-state index contributed by atoms with van der Waals surface area (Å²) in [6.45, 7) is 9.46. The fraction of sp³-hybridized carbons (Fsp3) is 0.909. The lowest BCUT2D eigenvalue weighted by atomic mass is 10.2. The molecule has 0 aliphatic rings. The summed E-state index contributed by atoms with van der Waals surface area (Å²) in [6.07, 6.45) is 0.657. The normalized spacial score (nSPS) is 11.3. The molecule has 0 heterocycles. The maximum Gasteiger partial charge on any atom is 0.410 e. The van der Waals surface area contributed by atoms with Crippen LogP contribution in [0, 0.1) is 0 Å². The van der Waals surface area contributed by atoms with Gasteiger partial charge in [-0.2, -0.15) is 0 Å². The minimum Gasteiger partial charge on any atom is -0.444 e. The summed E-state index contributed by atoms with van der Waals surface area (Å²) in [5.41, 5.74) is -0.434. The first-order chi connectivity index (χ1) is 6.90. The lowest BCUT2D eigenvalue weighted by Gasteiger charge is -2.26. The van der Waals surface area contributed by atoms with Crippen LogP contribution in [-0.2, 0) is 9.47 Å². The SMILES string of the molecule is CCCN(CCOC)C(=O)OC(C)(C)C. The molecule has 0 radical (unpaired) electrons. The van der Waals surface area contributed by atoms with Crippen LogP contribution < -0.4 is 0 Å². The molecule has 0 rings (SSSR count). The number of carbonyl (C=O) groups excluding carboxylic acids is 1. The summed E-state index contributed by atoms with van der Waals surface area (Å²) >= 11 is 0. The summed E-state index contributed by atoms with van der Waals surface area (Å²) in [5, 5.41) is 0. The lowest BCUT2D eigenvalue weighted by Crippen LogP contribution is -2.39. The molecule has 0 saturated carbocycles. The second-order valence-corrected chi connectivity index (χ2v) is 4.46. The van der Waals surface area contributed by atoms with Gasteiger partial charge in [0.2, 0.25) is 0 Å². The van der Waals surface area contributed by atoms with Crippen LogP contribution in [0.2, 0.25) is 0 Å². The molecule has 0 aromatic carbocycles. The molecule has 0 saturated heterocycles. The van der Waals surface area contributed by atoms with Crippen molar-refractivity contribution in [3.63, 3.8) is 0 Å². The Morgan fingerprint density at radius 2 is 1.87 bits per heavy atom. The molecule has 15 heavy (non-hydrogen) atoms. The molecule has 90 valence electrons. The van der Waals surface area contributed by atoms with Gasteiger partial charge in [0.15, 0.2) is 0 Å². The van der Waals surface area contributed by atoms with Gasteiger partial charge in [-0.1, -0.05) is 6.92 Å². The Balaban J connectivity index is 4.15. The van der Waals surface area contributed by atoms with Gasteiger partial charge < -0.3 is 14.4 Å². The first-order valence-corrected chi connectivity index (χ1v) is 5.37. The van der Waals surface area contributed by atoms with E-state index in [-0.39, 0.29) is 6.09 Å². The number of carbonyl (C=O) groups is 1. The third-order valence-corrected chi connectivity index (χ3v) is 1.71. The van der Waals surface area contributed by atoms with Gasteiger partial charge in [0.1, 0.15) is 5.60 Å². The van der Waals surface area contributed by atoms with E-state index in [4.69, 9.17) is 9.47 Å². The quantitative estimate of drug-likeness (QED) is 0.709. The second kappa shape index (κ2) is 6.67. The highest BCUT2D eigenvalue weighted by Gasteiger charge is 2.21. The van der Waals surface area contributed by atoms with Crippen molar-refractivity contribution in [2.45, 2.75) is 39.7 Å². The van der Waals surface area contributed by atoms with Crippen molar-refractivity contribution in [1.29, 1.82) is 0 Å². The maximum atomic E-state index is 11.7. The van der Waals surface area contributed by atoms with Crippen LogP contribution in [0.3, 0.4) is 0 Å². The second-order valence-electron chi connectivity index (χ2n) is 4.46. The molecular weight excluding hydrogens is 194 g/mol. The van der Waals surface area contributed by atoms with Crippen LogP contribution in [0.5, 0.6) is 0 Å². The Morgan fingerprint density at radius 3 is 2.27 bits per heavy atom. The monoisotopic (exact) mass is 217 g/mol. The molecule has 0 aromatic heterocycles. The van der Waals surface area contributed by atoms with Crippen molar-refractivity contribution >= 4 is 6.09 Å². The highest BCUT2D eigenvalue weighted by atomic mass is 16.6. The Labute approximate surface area is 92.5 Å². The number of ether oxygens (including phenoxy) is 2. The van der Waals surface area contributed by atoms with E-state index in [1.54, 1.807) is 12.0 Å². The summed E-state index contributed by atoms with van der Waals surface area (Å²) in [4.78, 5) is 13.4. The maximum absolute atomic E-state index is 11.7. The minimum atomic E-state index is -0.434. The van der Waals surface area contributed by atoms with Crippen LogP contribution >= 0.6 is 0 Å². The van der Waals surface area contributed by atoms with E-state index in [9.17, 15) is 4.79 Å². The number of hydrogen-bond donors (Lipinski definition) is 0. The first kappa shape index (κ1) is 14.2. The van der Waals surface area contributed by atoms with Gasteiger partial charge in [-0.3, -0.25) is 0 Å². The Morgan fingerprint density at radius 1 is 1.27 bits per heavy atom. The molecule has 0 unspecified atom stereocenters. The van der Waals surface area contributed by atoms with Crippen LogP contribution in [0.15, 0.2) is 0 Å². The summed E-state index contributed by atoms with van der Waals surface area (Å²) in [5.74, 6) is 0. The van der Waals surface area contributed by atoms with Crippen LogP contribution in [0.25, 0.3) is 0 Å². The van der Waals surface area contributed by atoms with Gasteiger partial charge in [0.25, 0.3) is 0 Å². The molecule has 0 bridgehead atoms. The van der Waals surface area contributed by atoms with Crippen molar-refractivity contribution in [3.8, 4) is 0 Å². The molecule has 0 aromatic rings. The zero-order valence-electron chi connectivity index (χ0n) is 10.5. The first-order valence-electron chi connectivity index (χ1n) is 5.37. The zero-order chi connectivity index (χ0) is 11.9. The van der Waals surface area contributed by atoms with E-state index >= 15 is 0 Å². The van der Waals surface area contributed by atoms with E-state index in [2.05, 4.69) is 0 Å². The van der Waals surface area contributed by atoms with Gasteiger partial charge in [-0.25, -0.2) is 4.79 Å². The van der Waals surface area contributed by atoms with Crippen molar-refractivity contribution in [2.75, 3.05) is 26.8 Å². The molecule has 4 nitrogen and oxygen atoms in total. The Hall–Kier alpha value is -0.770. The van der Waals surface area contributed by atoms with Crippen molar-refractivity contribution in [2.24, 2.45) is 0 Å². The predicted octanol–water partition coefficient (Wildman–Crippen LogP) is 2.28. The van der Waals surface area contributed by atoms with Crippen LogP contribution in [-0.4, -0.2) is 43.4 Å². The third-order valence-electron chi connectivity index (χ3n) is 1.71. The molecule has 0 spiro atoms. The number of hydrogen-bond acceptors (Lipinski definition) is 3. The van der Waals surface area contributed by atoms with Gasteiger partial charge in [0.05, 0.1) is 6.61 Å². The van der Waals surface area contributed by atoms with E-state index in [1.807, 2.05) is 27.7 Å². The average molecular weight is 217 g/mol. The zero-order valence-corrected chi connectivity index (χ0v) is 10.5. The summed E-state index contributed by atoms with van der Waals surface area (Å²) in [7, 11) is 1.62. The standard InChI is InChI=1S/C11H23NO3/c1-6-7-12(8-9-14-5)10(13)15-11(2,3)4/h6-9H2,1-5H3. The van der Waals surface area contributed by atoms with E-state index in [1.165, 1.54) is 0 Å². The fourth-order valence-corrected chi connectivity index (χ4v) is 1.09.